The van der Waals surface area contributed by atoms with Gasteiger partial charge in [-0.05, 0) is 36.6 Å². The smallest absolute Gasteiger partial charge is 0.131 e. The van der Waals surface area contributed by atoms with E-state index in [1.807, 2.05) is 30.3 Å². The van der Waals surface area contributed by atoms with Crippen LogP contribution in [0.4, 0.5) is 4.39 Å². The molecule has 0 amide bonds. The minimum absolute atomic E-state index is 0.230. The van der Waals surface area contributed by atoms with Crippen molar-refractivity contribution in [2.75, 3.05) is 0 Å². The Kier molecular flexibility index (Phi) is 3.28. The second-order valence-corrected chi connectivity index (χ2v) is 6.37. The zero-order valence-corrected chi connectivity index (χ0v) is 12.3. The van der Waals surface area contributed by atoms with Gasteiger partial charge in [0.2, 0.25) is 0 Å². The third kappa shape index (κ3) is 2.22. The van der Waals surface area contributed by atoms with Crippen LogP contribution in [-0.2, 0) is 5.60 Å². The number of aliphatic hydroxyl groups is 1. The minimum atomic E-state index is -1.38. The molecule has 0 aliphatic rings. The molecule has 20 heavy (non-hydrogen) atoms. The lowest BCUT2D eigenvalue weighted by Gasteiger charge is -2.23. The van der Waals surface area contributed by atoms with Gasteiger partial charge in [0, 0.05) is 20.2 Å². The van der Waals surface area contributed by atoms with E-state index in [0.717, 1.165) is 10.1 Å². The van der Waals surface area contributed by atoms with Crippen molar-refractivity contribution in [2.24, 2.45) is 0 Å². The van der Waals surface area contributed by atoms with Crippen LogP contribution in [0.3, 0.4) is 0 Å². The molecule has 0 aliphatic carbocycles. The first kappa shape index (κ1) is 13.6. The lowest BCUT2D eigenvalue weighted by molar-refractivity contribution is 0.102. The number of thiophene rings is 1. The first-order valence-corrected chi connectivity index (χ1v) is 7.35. The summed E-state index contributed by atoms with van der Waals surface area (Å²) in [5.74, 6) is -0.500. The van der Waals surface area contributed by atoms with Crippen LogP contribution >= 0.6 is 22.9 Å². The molecule has 0 fully saturated rings. The Morgan fingerprint density at radius 2 is 1.90 bits per heavy atom. The van der Waals surface area contributed by atoms with Gasteiger partial charge in [0.25, 0.3) is 0 Å². The Morgan fingerprint density at radius 3 is 2.60 bits per heavy atom. The molecule has 1 aromatic heterocycles. The van der Waals surface area contributed by atoms with Gasteiger partial charge in [-0.25, -0.2) is 4.39 Å². The lowest BCUT2D eigenvalue weighted by Crippen LogP contribution is -2.22. The quantitative estimate of drug-likeness (QED) is 0.710. The predicted octanol–water partition coefficient (Wildman–Crippen LogP) is 4.95. The highest BCUT2D eigenvalue weighted by molar-refractivity contribution is 7.19. The van der Waals surface area contributed by atoms with Gasteiger partial charge in [-0.15, -0.1) is 11.3 Å². The van der Waals surface area contributed by atoms with E-state index in [9.17, 15) is 9.50 Å². The summed E-state index contributed by atoms with van der Waals surface area (Å²) in [4.78, 5) is 0.708. The fourth-order valence-corrected chi connectivity index (χ4v) is 3.52. The summed E-state index contributed by atoms with van der Waals surface area (Å²) in [6, 6.07) is 14.1. The van der Waals surface area contributed by atoms with Crippen LogP contribution < -0.4 is 0 Å². The van der Waals surface area contributed by atoms with Crippen molar-refractivity contribution >= 4 is 33.0 Å². The van der Waals surface area contributed by atoms with Crippen molar-refractivity contribution in [3.05, 3.63) is 69.8 Å². The van der Waals surface area contributed by atoms with Crippen LogP contribution in [0, 0.1) is 5.82 Å². The molecule has 3 aromatic rings. The molecule has 2 aromatic carbocycles. The molecule has 0 saturated heterocycles. The molecule has 3 rings (SSSR count). The zero-order chi connectivity index (χ0) is 14.3. The van der Waals surface area contributed by atoms with E-state index < -0.39 is 11.4 Å². The highest BCUT2D eigenvalue weighted by Gasteiger charge is 2.30. The lowest BCUT2D eigenvalue weighted by atomic mass is 9.93. The highest BCUT2D eigenvalue weighted by Crippen LogP contribution is 2.38. The molecule has 1 atom stereocenters. The molecule has 1 N–H and O–H groups in total. The van der Waals surface area contributed by atoms with Crippen molar-refractivity contribution in [3.63, 3.8) is 0 Å². The van der Waals surface area contributed by atoms with E-state index in [-0.39, 0.29) is 5.56 Å². The van der Waals surface area contributed by atoms with E-state index in [2.05, 4.69) is 0 Å². The van der Waals surface area contributed by atoms with Crippen molar-refractivity contribution in [1.82, 2.24) is 0 Å². The van der Waals surface area contributed by atoms with Gasteiger partial charge in [0.1, 0.15) is 11.4 Å². The van der Waals surface area contributed by atoms with Crippen LogP contribution in [0.2, 0.25) is 5.02 Å². The SMILES string of the molecule is CC(O)(c1cc2ccccc2s1)c1ccc(Cl)cc1F. The molecule has 4 heteroatoms. The van der Waals surface area contributed by atoms with Crippen LogP contribution in [0.1, 0.15) is 17.4 Å². The van der Waals surface area contributed by atoms with Gasteiger partial charge in [-0.2, -0.15) is 0 Å². The summed E-state index contributed by atoms with van der Waals surface area (Å²) in [5, 5.41) is 12.1. The van der Waals surface area contributed by atoms with Crippen molar-refractivity contribution < 1.29 is 9.50 Å². The first-order valence-electron chi connectivity index (χ1n) is 6.15. The van der Waals surface area contributed by atoms with Crippen molar-refractivity contribution in [1.29, 1.82) is 0 Å². The summed E-state index contributed by atoms with van der Waals surface area (Å²) in [5.41, 5.74) is -1.15. The summed E-state index contributed by atoms with van der Waals surface area (Å²) >= 11 is 7.22. The topological polar surface area (TPSA) is 20.2 Å². The maximum absolute atomic E-state index is 14.0. The molecule has 102 valence electrons. The van der Waals surface area contributed by atoms with Gasteiger partial charge in [-0.3, -0.25) is 0 Å². The molecule has 0 spiro atoms. The summed E-state index contributed by atoms with van der Waals surface area (Å²) in [6.07, 6.45) is 0. The number of benzene rings is 2. The Hall–Kier alpha value is -1.42. The van der Waals surface area contributed by atoms with Crippen LogP contribution in [0.5, 0.6) is 0 Å². The highest BCUT2D eigenvalue weighted by atomic mass is 35.5. The van der Waals surface area contributed by atoms with Crippen LogP contribution in [0.25, 0.3) is 10.1 Å². The molecule has 0 radical (unpaired) electrons. The van der Waals surface area contributed by atoms with Crippen LogP contribution in [0.15, 0.2) is 48.5 Å². The summed E-state index contributed by atoms with van der Waals surface area (Å²) < 4.78 is 15.1. The summed E-state index contributed by atoms with van der Waals surface area (Å²) in [6.45, 7) is 1.60. The van der Waals surface area contributed by atoms with Crippen molar-refractivity contribution in [2.45, 2.75) is 12.5 Å². The maximum atomic E-state index is 14.0. The normalized spacial score (nSPS) is 14.4. The van der Waals surface area contributed by atoms with Gasteiger partial charge < -0.3 is 5.11 Å². The van der Waals surface area contributed by atoms with E-state index in [0.29, 0.717) is 9.90 Å². The Balaban J connectivity index is 2.14. The largest absolute Gasteiger partial charge is 0.380 e. The van der Waals surface area contributed by atoms with Gasteiger partial charge >= 0.3 is 0 Å². The van der Waals surface area contributed by atoms with Gasteiger partial charge in [0.05, 0.1) is 0 Å². The molecule has 0 saturated carbocycles. The number of hydrogen-bond acceptors (Lipinski definition) is 2. The molecular weight excluding hydrogens is 295 g/mol. The van der Waals surface area contributed by atoms with Gasteiger partial charge in [-0.1, -0.05) is 35.9 Å². The number of halogens is 2. The Bertz CT molecular complexity index is 746. The standard InChI is InChI=1S/C16H12ClFOS/c1-16(19,12-7-6-11(17)9-13(12)18)15-8-10-4-2-3-5-14(10)20-15/h2-9,19H,1H3. The van der Waals surface area contributed by atoms with Crippen LogP contribution in [-0.4, -0.2) is 5.11 Å². The predicted molar refractivity (Wildman–Crippen MR) is 81.9 cm³/mol. The van der Waals surface area contributed by atoms with Crippen molar-refractivity contribution in [3.8, 4) is 0 Å². The summed E-state index contributed by atoms with van der Waals surface area (Å²) in [7, 11) is 0. The molecule has 1 heterocycles. The van der Waals surface area contributed by atoms with E-state index in [1.165, 1.54) is 23.5 Å². The monoisotopic (exact) mass is 306 g/mol. The second-order valence-electron chi connectivity index (χ2n) is 4.84. The Morgan fingerprint density at radius 1 is 1.15 bits per heavy atom. The fraction of sp³-hybridized carbons (Fsp3) is 0.125. The number of fused-ring (bicyclic) bond motifs is 1. The van der Waals surface area contributed by atoms with E-state index in [4.69, 9.17) is 11.6 Å². The third-order valence-corrected chi connectivity index (χ3v) is 4.92. The van der Waals surface area contributed by atoms with E-state index in [1.54, 1.807) is 13.0 Å². The molecule has 1 unspecified atom stereocenters. The average Bonchev–Trinajstić information content (AvgIpc) is 2.82. The first-order chi connectivity index (χ1) is 9.48. The molecule has 0 aliphatic heterocycles. The van der Waals surface area contributed by atoms with Gasteiger partial charge in [0.15, 0.2) is 0 Å². The molecule has 1 nitrogen and oxygen atoms in total. The fourth-order valence-electron chi connectivity index (χ4n) is 2.24. The second kappa shape index (κ2) is 4.85. The third-order valence-electron chi connectivity index (χ3n) is 3.36. The molecular formula is C16H12ClFOS. The minimum Gasteiger partial charge on any atom is -0.380 e. The number of rotatable bonds is 2. The zero-order valence-electron chi connectivity index (χ0n) is 10.7. The molecule has 0 bridgehead atoms. The average molecular weight is 307 g/mol. The number of hydrogen-bond donors (Lipinski definition) is 1. The maximum Gasteiger partial charge on any atom is 0.131 e. The van der Waals surface area contributed by atoms with E-state index >= 15 is 0 Å². The Labute approximate surface area is 125 Å².